The Morgan fingerprint density at radius 1 is 1.40 bits per heavy atom. The first-order valence-corrected chi connectivity index (χ1v) is 7.13. The van der Waals surface area contributed by atoms with Crippen LogP contribution in [-0.4, -0.2) is 47.0 Å². The summed E-state index contributed by atoms with van der Waals surface area (Å²) in [6.07, 6.45) is 1.56. The van der Waals surface area contributed by atoms with Crippen LogP contribution in [0.2, 0.25) is 0 Å². The van der Waals surface area contributed by atoms with Crippen LogP contribution in [0.15, 0.2) is 6.33 Å². The highest BCUT2D eigenvalue weighted by molar-refractivity contribution is 4.89. The van der Waals surface area contributed by atoms with E-state index in [-0.39, 0.29) is 6.04 Å². The number of aryl methyl sites for hydroxylation is 1. The van der Waals surface area contributed by atoms with E-state index in [9.17, 15) is 8.78 Å². The second kappa shape index (κ2) is 9.77. The van der Waals surface area contributed by atoms with Gasteiger partial charge in [0, 0.05) is 25.6 Å². The molecule has 1 aromatic heterocycles. The lowest BCUT2D eigenvalue weighted by atomic mass is 10.1. The summed E-state index contributed by atoms with van der Waals surface area (Å²) in [7, 11) is 0. The van der Waals surface area contributed by atoms with Crippen molar-refractivity contribution in [3.05, 3.63) is 12.2 Å². The van der Waals surface area contributed by atoms with Gasteiger partial charge in [-0.3, -0.25) is 4.68 Å². The number of hydrogen-bond acceptors (Lipinski definition) is 4. The van der Waals surface area contributed by atoms with Crippen molar-refractivity contribution in [3.63, 3.8) is 0 Å². The highest BCUT2D eigenvalue weighted by Crippen LogP contribution is 2.05. The molecule has 1 N–H and O–H groups in total. The number of rotatable bonds is 11. The molecule has 5 nitrogen and oxygen atoms in total. The van der Waals surface area contributed by atoms with Crippen LogP contribution in [0.4, 0.5) is 8.78 Å². The van der Waals surface area contributed by atoms with Crippen LogP contribution >= 0.6 is 0 Å². The number of nitrogens with one attached hydrogen (secondary N) is 1. The van der Waals surface area contributed by atoms with Crippen LogP contribution in [0.3, 0.4) is 0 Å². The Hall–Kier alpha value is -1.08. The molecular formula is C13H24F2N4O. The third-order valence-electron chi connectivity index (χ3n) is 2.91. The van der Waals surface area contributed by atoms with Gasteiger partial charge in [0.15, 0.2) is 0 Å². The lowest BCUT2D eigenvalue weighted by molar-refractivity contribution is 0.0144. The van der Waals surface area contributed by atoms with E-state index < -0.39 is 13.0 Å². The van der Waals surface area contributed by atoms with Crippen LogP contribution in [0, 0.1) is 0 Å². The van der Waals surface area contributed by atoms with Gasteiger partial charge in [0.1, 0.15) is 18.8 Å². The third-order valence-corrected chi connectivity index (χ3v) is 2.91. The van der Waals surface area contributed by atoms with Crippen molar-refractivity contribution in [1.82, 2.24) is 20.1 Å². The van der Waals surface area contributed by atoms with Gasteiger partial charge in [0.05, 0.1) is 0 Å². The number of halogens is 2. The topological polar surface area (TPSA) is 52.0 Å². The molecule has 0 aromatic carbocycles. The van der Waals surface area contributed by atoms with E-state index in [0.717, 1.165) is 31.8 Å². The van der Waals surface area contributed by atoms with Gasteiger partial charge in [-0.15, -0.1) is 0 Å². The average molecular weight is 290 g/mol. The second-order valence-electron chi connectivity index (χ2n) is 4.61. The first-order valence-electron chi connectivity index (χ1n) is 7.13. The fourth-order valence-corrected chi connectivity index (χ4v) is 2.03. The SMILES string of the molecule is CCCn1ncnc1CC(CCOCC(F)F)NCC. The predicted molar refractivity (Wildman–Crippen MR) is 72.9 cm³/mol. The first-order chi connectivity index (χ1) is 9.67. The Balaban J connectivity index is 2.42. The van der Waals surface area contributed by atoms with Gasteiger partial charge >= 0.3 is 0 Å². The van der Waals surface area contributed by atoms with E-state index in [1.165, 1.54) is 0 Å². The maximum absolute atomic E-state index is 12.0. The Kier molecular flexibility index (Phi) is 8.29. The van der Waals surface area contributed by atoms with Gasteiger partial charge in [-0.1, -0.05) is 13.8 Å². The monoisotopic (exact) mass is 290 g/mol. The number of alkyl halides is 2. The molecule has 0 bridgehead atoms. The molecule has 1 atom stereocenters. The number of likely N-dealkylation sites (N-methyl/N-ethyl adjacent to an activating group) is 1. The first kappa shape index (κ1) is 17.0. The zero-order valence-electron chi connectivity index (χ0n) is 12.2. The Labute approximate surface area is 118 Å². The van der Waals surface area contributed by atoms with Gasteiger partial charge in [-0.05, 0) is 19.4 Å². The van der Waals surface area contributed by atoms with Crippen molar-refractivity contribution >= 4 is 0 Å². The molecule has 0 amide bonds. The van der Waals surface area contributed by atoms with Crippen LogP contribution in [0.5, 0.6) is 0 Å². The summed E-state index contributed by atoms with van der Waals surface area (Å²) in [6, 6.07) is 0.164. The van der Waals surface area contributed by atoms with Crippen LogP contribution in [-0.2, 0) is 17.7 Å². The summed E-state index contributed by atoms with van der Waals surface area (Å²) in [4.78, 5) is 4.26. The molecule has 1 heterocycles. The minimum Gasteiger partial charge on any atom is -0.375 e. The van der Waals surface area contributed by atoms with E-state index in [4.69, 9.17) is 4.74 Å². The zero-order chi connectivity index (χ0) is 14.8. The van der Waals surface area contributed by atoms with Crippen molar-refractivity contribution in [1.29, 1.82) is 0 Å². The zero-order valence-corrected chi connectivity index (χ0v) is 12.2. The second-order valence-corrected chi connectivity index (χ2v) is 4.61. The molecule has 0 aliphatic rings. The summed E-state index contributed by atoms with van der Waals surface area (Å²) in [5.41, 5.74) is 0. The Morgan fingerprint density at radius 3 is 2.85 bits per heavy atom. The summed E-state index contributed by atoms with van der Waals surface area (Å²) in [5, 5.41) is 7.52. The number of aromatic nitrogens is 3. The number of ether oxygens (including phenoxy) is 1. The molecule has 0 radical (unpaired) electrons. The minimum atomic E-state index is -2.40. The van der Waals surface area contributed by atoms with Gasteiger partial charge < -0.3 is 10.1 Å². The van der Waals surface area contributed by atoms with Crippen LogP contribution in [0.1, 0.15) is 32.5 Å². The average Bonchev–Trinajstić information content (AvgIpc) is 2.82. The Morgan fingerprint density at radius 2 is 2.20 bits per heavy atom. The van der Waals surface area contributed by atoms with E-state index in [0.29, 0.717) is 13.0 Å². The largest absolute Gasteiger partial charge is 0.375 e. The quantitative estimate of drug-likeness (QED) is 0.632. The van der Waals surface area contributed by atoms with E-state index in [1.54, 1.807) is 6.33 Å². The molecule has 1 aromatic rings. The summed E-state index contributed by atoms with van der Waals surface area (Å²) < 4.78 is 30.8. The molecule has 1 rings (SSSR count). The minimum absolute atomic E-state index is 0.164. The van der Waals surface area contributed by atoms with Gasteiger partial charge in [-0.2, -0.15) is 5.10 Å². The predicted octanol–water partition coefficient (Wildman–Crippen LogP) is 1.88. The van der Waals surface area contributed by atoms with Crippen molar-refractivity contribution in [2.24, 2.45) is 0 Å². The van der Waals surface area contributed by atoms with Gasteiger partial charge in [0.25, 0.3) is 6.43 Å². The summed E-state index contributed by atoms with van der Waals surface area (Å²) in [6.45, 7) is 5.60. The lowest BCUT2D eigenvalue weighted by Gasteiger charge is -2.17. The fourth-order valence-electron chi connectivity index (χ4n) is 2.03. The standard InChI is InChI=1S/C13H24F2N4O/c1-3-6-19-13(17-10-18-19)8-11(16-4-2)5-7-20-9-12(14)15/h10-12,16H,3-9H2,1-2H3. The van der Waals surface area contributed by atoms with Crippen LogP contribution < -0.4 is 5.32 Å². The van der Waals surface area contributed by atoms with Crippen LogP contribution in [0.25, 0.3) is 0 Å². The molecular weight excluding hydrogens is 266 g/mol. The van der Waals surface area contributed by atoms with Crippen molar-refractivity contribution in [3.8, 4) is 0 Å². The van der Waals surface area contributed by atoms with Gasteiger partial charge in [0.2, 0.25) is 0 Å². The van der Waals surface area contributed by atoms with E-state index in [1.807, 2.05) is 11.6 Å². The molecule has 0 spiro atoms. The normalized spacial score (nSPS) is 13.1. The van der Waals surface area contributed by atoms with Crippen molar-refractivity contribution < 1.29 is 13.5 Å². The molecule has 116 valence electrons. The maximum Gasteiger partial charge on any atom is 0.261 e. The molecule has 1 unspecified atom stereocenters. The Bertz CT molecular complexity index is 360. The number of hydrogen-bond donors (Lipinski definition) is 1. The van der Waals surface area contributed by atoms with Crippen molar-refractivity contribution in [2.75, 3.05) is 19.8 Å². The number of nitrogens with zero attached hydrogens (tertiary/aromatic N) is 3. The van der Waals surface area contributed by atoms with Gasteiger partial charge in [-0.25, -0.2) is 13.8 Å². The highest BCUT2D eigenvalue weighted by atomic mass is 19.3. The smallest absolute Gasteiger partial charge is 0.261 e. The third kappa shape index (κ3) is 6.38. The summed E-state index contributed by atoms with van der Waals surface area (Å²) >= 11 is 0. The van der Waals surface area contributed by atoms with E-state index >= 15 is 0 Å². The molecule has 0 saturated heterocycles. The van der Waals surface area contributed by atoms with Crippen molar-refractivity contribution in [2.45, 2.75) is 52.1 Å². The highest BCUT2D eigenvalue weighted by Gasteiger charge is 2.13. The maximum atomic E-state index is 12.0. The summed E-state index contributed by atoms with van der Waals surface area (Å²) in [5.74, 6) is 0.923. The molecule has 20 heavy (non-hydrogen) atoms. The molecule has 0 aliphatic carbocycles. The van der Waals surface area contributed by atoms with E-state index in [2.05, 4.69) is 22.3 Å². The lowest BCUT2D eigenvalue weighted by Crippen LogP contribution is -2.33. The molecule has 0 aliphatic heterocycles. The molecule has 7 heteroatoms. The fraction of sp³-hybridized carbons (Fsp3) is 0.846. The molecule has 0 fully saturated rings. The molecule has 0 saturated carbocycles.